The minimum Gasteiger partial charge on any atom is -0.344 e. The van der Waals surface area contributed by atoms with Gasteiger partial charge in [-0.15, -0.1) is 0 Å². The second kappa shape index (κ2) is 15.3. The standard InChI is InChI=1S/C36H50FN5O3/c1-25(2)24-42(30-13-18-40(19-14-30)26(3)43)31-15-20-41(21-16-31)36(45)34(22-27-8-10-29(37)11-9-27)39-35(44)23-33-32-7-5-4-6-28(32)12-17-38-33/h4-11,25,30-31,33-34,38H,12-24H2,1-3H3,(H,39,44)/t33-,34+/m0/s1. The van der Waals surface area contributed by atoms with Crippen LogP contribution in [0.4, 0.5) is 4.39 Å². The predicted molar refractivity (Wildman–Crippen MR) is 174 cm³/mol. The van der Waals surface area contributed by atoms with Gasteiger partial charge in [0.05, 0.1) is 0 Å². The van der Waals surface area contributed by atoms with E-state index in [-0.39, 0.29) is 36.0 Å². The SMILES string of the molecule is CC(=O)N1CCC(N(CC(C)C)C2CCN(C(=O)[C@@H](Cc3ccc(F)cc3)NC(=O)C[C@@H]3NCCc4ccccc43)CC2)CC1. The Bertz CT molecular complexity index is 1300. The lowest BCUT2D eigenvalue weighted by Gasteiger charge is -2.46. The van der Waals surface area contributed by atoms with Gasteiger partial charge in [0.15, 0.2) is 0 Å². The summed E-state index contributed by atoms with van der Waals surface area (Å²) in [5.74, 6) is 0.106. The first-order valence-corrected chi connectivity index (χ1v) is 16.8. The molecule has 0 aliphatic carbocycles. The molecule has 8 nitrogen and oxygen atoms in total. The van der Waals surface area contributed by atoms with E-state index in [1.165, 1.54) is 17.7 Å². The lowest BCUT2D eigenvalue weighted by molar-refractivity contribution is -0.138. The molecule has 0 bridgehead atoms. The maximum absolute atomic E-state index is 14.0. The quantitative estimate of drug-likeness (QED) is 0.419. The third-order valence-corrected chi connectivity index (χ3v) is 9.79. The molecule has 3 aliphatic rings. The number of fused-ring (bicyclic) bond motifs is 1. The number of carbonyl (C=O) groups excluding carboxylic acids is 3. The van der Waals surface area contributed by atoms with Crippen molar-refractivity contribution in [3.8, 4) is 0 Å². The molecule has 2 N–H and O–H groups in total. The second-order valence-corrected chi connectivity index (χ2v) is 13.5. The first kappa shape index (κ1) is 33.1. The van der Waals surface area contributed by atoms with Gasteiger partial charge >= 0.3 is 0 Å². The van der Waals surface area contributed by atoms with E-state index in [2.05, 4.69) is 41.5 Å². The van der Waals surface area contributed by atoms with Crippen molar-refractivity contribution in [2.24, 2.45) is 5.92 Å². The number of likely N-dealkylation sites (tertiary alicyclic amines) is 2. The highest BCUT2D eigenvalue weighted by molar-refractivity contribution is 5.88. The van der Waals surface area contributed by atoms with Gasteiger partial charge in [-0.2, -0.15) is 0 Å². The number of amides is 3. The number of hydrogen-bond donors (Lipinski definition) is 2. The second-order valence-electron chi connectivity index (χ2n) is 13.5. The number of benzene rings is 2. The topological polar surface area (TPSA) is 85.0 Å². The van der Waals surface area contributed by atoms with Crippen LogP contribution in [-0.4, -0.2) is 89.8 Å². The molecule has 3 aliphatic heterocycles. The molecule has 0 radical (unpaired) electrons. The summed E-state index contributed by atoms with van der Waals surface area (Å²) in [5, 5.41) is 6.54. The van der Waals surface area contributed by atoms with Gasteiger partial charge in [-0.25, -0.2) is 4.39 Å². The van der Waals surface area contributed by atoms with Crippen molar-refractivity contribution in [1.29, 1.82) is 0 Å². The molecule has 45 heavy (non-hydrogen) atoms. The highest BCUT2D eigenvalue weighted by Crippen LogP contribution is 2.27. The average molecular weight is 620 g/mol. The molecule has 5 rings (SSSR count). The Balaban J connectivity index is 1.23. The van der Waals surface area contributed by atoms with Crippen LogP contribution in [0, 0.1) is 11.7 Å². The van der Waals surface area contributed by atoms with E-state index < -0.39 is 6.04 Å². The maximum Gasteiger partial charge on any atom is 0.245 e. The summed E-state index contributed by atoms with van der Waals surface area (Å²) >= 11 is 0. The van der Waals surface area contributed by atoms with Crippen LogP contribution < -0.4 is 10.6 Å². The zero-order chi connectivity index (χ0) is 31.9. The number of carbonyl (C=O) groups is 3. The minimum atomic E-state index is -0.721. The smallest absolute Gasteiger partial charge is 0.245 e. The lowest BCUT2D eigenvalue weighted by atomic mass is 9.92. The molecule has 2 fully saturated rings. The van der Waals surface area contributed by atoms with Crippen LogP contribution in [0.25, 0.3) is 0 Å². The summed E-state index contributed by atoms with van der Waals surface area (Å²) in [6.07, 6.45) is 5.22. The number of piperidine rings is 2. The van der Waals surface area contributed by atoms with Crippen molar-refractivity contribution in [1.82, 2.24) is 25.3 Å². The first-order chi connectivity index (χ1) is 21.7. The summed E-state index contributed by atoms with van der Waals surface area (Å²) in [6.45, 7) is 10.8. The number of nitrogens with zero attached hydrogens (tertiary/aromatic N) is 3. The van der Waals surface area contributed by atoms with Gasteiger partial charge in [-0.1, -0.05) is 50.2 Å². The Morgan fingerprint density at radius 2 is 1.56 bits per heavy atom. The molecule has 2 saturated heterocycles. The van der Waals surface area contributed by atoms with Gasteiger partial charge in [-0.05, 0) is 73.4 Å². The molecule has 3 heterocycles. The highest BCUT2D eigenvalue weighted by Gasteiger charge is 2.35. The van der Waals surface area contributed by atoms with Crippen LogP contribution in [0.5, 0.6) is 0 Å². The van der Waals surface area contributed by atoms with E-state index in [9.17, 15) is 18.8 Å². The fourth-order valence-corrected chi connectivity index (χ4v) is 7.44. The Morgan fingerprint density at radius 1 is 0.933 bits per heavy atom. The first-order valence-electron chi connectivity index (χ1n) is 16.8. The molecule has 244 valence electrons. The Labute approximate surface area is 267 Å². The van der Waals surface area contributed by atoms with E-state index in [0.717, 1.165) is 69.4 Å². The van der Waals surface area contributed by atoms with Crippen molar-refractivity contribution < 1.29 is 18.8 Å². The molecule has 2 aromatic rings. The molecule has 0 saturated carbocycles. The Hall–Kier alpha value is -3.30. The molecule has 2 atom stereocenters. The van der Waals surface area contributed by atoms with Gasteiger partial charge < -0.3 is 20.4 Å². The van der Waals surface area contributed by atoms with Crippen LogP contribution in [0.2, 0.25) is 0 Å². The van der Waals surface area contributed by atoms with Gasteiger partial charge in [0.25, 0.3) is 0 Å². The van der Waals surface area contributed by atoms with Crippen molar-refractivity contribution in [2.45, 2.75) is 89.9 Å². The zero-order valence-electron chi connectivity index (χ0n) is 27.1. The third kappa shape index (κ3) is 8.70. The summed E-state index contributed by atoms with van der Waals surface area (Å²) < 4.78 is 13.7. The third-order valence-electron chi connectivity index (χ3n) is 9.79. The summed E-state index contributed by atoms with van der Waals surface area (Å²) in [6, 6.07) is 14.4. The van der Waals surface area contributed by atoms with Crippen LogP contribution in [-0.2, 0) is 27.2 Å². The maximum atomic E-state index is 14.0. The number of nitrogens with one attached hydrogen (secondary N) is 2. The van der Waals surface area contributed by atoms with Crippen LogP contribution >= 0.6 is 0 Å². The minimum absolute atomic E-state index is 0.0756. The van der Waals surface area contributed by atoms with Gasteiger partial charge in [0.2, 0.25) is 17.7 Å². The molecule has 0 unspecified atom stereocenters. The summed E-state index contributed by atoms with van der Waals surface area (Å²) in [5.41, 5.74) is 3.21. The van der Waals surface area contributed by atoms with Gasteiger partial charge in [0, 0.05) is 70.6 Å². The Kier molecular flexibility index (Phi) is 11.3. The van der Waals surface area contributed by atoms with Crippen LogP contribution in [0.3, 0.4) is 0 Å². The summed E-state index contributed by atoms with van der Waals surface area (Å²) in [7, 11) is 0. The van der Waals surface area contributed by atoms with E-state index >= 15 is 0 Å². The van der Waals surface area contributed by atoms with Crippen molar-refractivity contribution in [2.75, 3.05) is 39.3 Å². The molecule has 0 spiro atoms. The lowest BCUT2D eigenvalue weighted by Crippen LogP contribution is -2.56. The molecule has 9 heteroatoms. The van der Waals surface area contributed by atoms with E-state index in [1.54, 1.807) is 19.1 Å². The Morgan fingerprint density at radius 3 is 2.18 bits per heavy atom. The van der Waals surface area contributed by atoms with E-state index in [4.69, 9.17) is 0 Å². The number of hydrogen-bond acceptors (Lipinski definition) is 5. The normalized spacial score (nSPS) is 20.3. The predicted octanol–water partition coefficient (Wildman–Crippen LogP) is 4.09. The van der Waals surface area contributed by atoms with Crippen LogP contribution in [0.15, 0.2) is 48.5 Å². The molecular weight excluding hydrogens is 569 g/mol. The van der Waals surface area contributed by atoms with E-state index in [1.807, 2.05) is 21.9 Å². The van der Waals surface area contributed by atoms with E-state index in [0.29, 0.717) is 37.5 Å². The monoisotopic (exact) mass is 619 g/mol. The summed E-state index contributed by atoms with van der Waals surface area (Å²) in [4.78, 5) is 45.8. The van der Waals surface area contributed by atoms with Crippen molar-refractivity contribution >= 4 is 17.7 Å². The van der Waals surface area contributed by atoms with Gasteiger partial charge in [-0.3, -0.25) is 19.3 Å². The highest BCUT2D eigenvalue weighted by atomic mass is 19.1. The van der Waals surface area contributed by atoms with Crippen LogP contribution in [0.1, 0.15) is 75.6 Å². The largest absolute Gasteiger partial charge is 0.344 e. The van der Waals surface area contributed by atoms with Crippen molar-refractivity contribution in [3.63, 3.8) is 0 Å². The molecule has 3 amide bonds. The van der Waals surface area contributed by atoms with Gasteiger partial charge in [0.1, 0.15) is 11.9 Å². The molecular formula is C36H50FN5O3. The number of halogens is 1. The van der Waals surface area contributed by atoms with Crippen molar-refractivity contribution in [3.05, 3.63) is 71.0 Å². The average Bonchev–Trinajstić information content (AvgIpc) is 3.04. The fraction of sp³-hybridized carbons (Fsp3) is 0.583. The molecule has 2 aromatic carbocycles. The fourth-order valence-electron chi connectivity index (χ4n) is 7.44. The molecule has 0 aromatic heterocycles. The number of rotatable bonds is 10. The zero-order valence-corrected chi connectivity index (χ0v) is 27.1.